The molecule has 0 aromatic carbocycles. The van der Waals surface area contributed by atoms with Gasteiger partial charge in [-0.3, -0.25) is 4.79 Å². The number of carbonyl (C=O) groups excluding carboxylic acids is 1. The Morgan fingerprint density at radius 2 is 1.85 bits per heavy atom. The molecule has 3 fully saturated rings. The number of rotatable bonds is 5. The first-order valence-corrected chi connectivity index (χ1v) is 7.41. The van der Waals surface area contributed by atoms with Crippen LogP contribution in [0.3, 0.4) is 0 Å². The molecule has 0 bridgehead atoms. The highest BCUT2D eigenvalue weighted by Crippen LogP contribution is 2.32. The minimum Gasteiger partial charge on any atom is -0.479 e. The highest BCUT2D eigenvalue weighted by Gasteiger charge is 2.42. The Kier molecular flexibility index (Phi) is 3.94. The van der Waals surface area contributed by atoms with Crippen LogP contribution in [0, 0.1) is 5.92 Å². The molecule has 112 valence electrons. The minimum absolute atomic E-state index is 0.0249. The molecule has 1 aliphatic carbocycles. The second-order valence-corrected chi connectivity index (χ2v) is 5.98. The molecular weight excluding hydrogens is 262 g/mol. The van der Waals surface area contributed by atoms with Gasteiger partial charge in [0.05, 0.1) is 6.61 Å². The largest absolute Gasteiger partial charge is 0.479 e. The molecule has 0 radical (unpaired) electrons. The van der Waals surface area contributed by atoms with E-state index in [0.717, 1.165) is 39.0 Å². The maximum Gasteiger partial charge on any atom is 0.332 e. The van der Waals surface area contributed by atoms with Crippen molar-refractivity contribution in [3.63, 3.8) is 0 Å². The normalized spacial score (nSPS) is 33.3. The van der Waals surface area contributed by atoms with Crippen molar-refractivity contribution in [3.05, 3.63) is 0 Å². The zero-order valence-corrected chi connectivity index (χ0v) is 11.5. The Labute approximate surface area is 118 Å². The van der Waals surface area contributed by atoms with Gasteiger partial charge in [0.1, 0.15) is 6.10 Å². The van der Waals surface area contributed by atoms with Crippen LogP contribution in [-0.4, -0.2) is 59.9 Å². The van der Waals surface area contributed by atoms with Gasteiger partial charge in [-0.25, -0.2) is 4.79 Å². The van der Waals surface area contributed by atoms with Crippen molar-refractivity contribution in [1.82, 2.24) is 4.90 Å². The number of ether oxygens (including phenoxy) is 2. The molecule has 3 atom stereocenters. The number of carbonyl (C=O) groups is 2. The van der Waals surface area contributed by atoms with E-state index >= 15 is 0 Å². The lowest BCUT2D eigenvalue weighted by Gasteiger charge is -2.27. The summed E-state index contributed by atoms with van der Waals surface area (Å²) in [5.41, 5.74) is 0. The summed E-state index contributed by atoms with van der Waals surface area (Å²) in [6.07, 6.45) is 2.65. The number of hydrogen-bond donors (Lipinski definition) is 1. The summed E-state index contributed by atoms with van der Waals surface area (Å²) in [5, 5.41) is 8.94. The Morgan fingerprint density at radius 3 is 2.40 bits per heavy atom. The van der Waals surface area contributed by atoms with Gasteiger partial charge in [-0.05, 0) is 32.1 Å². The Balaban J connectivity index is 1.59. The molecular formula is C14H21NO5. The SMILES string of the molecule is O=C(O)[C@H]1CC[C@@H](C(=O)N(CC2CCOC2)C2CC2)O1. The molecule has 3 rings (SSSR count). The molecule has 0 aromatic rings. The van der Waals surface area contributed by atoms with Crippen LogP contribution in [0.15, 0.2) is 0 Å². The average molecular weight is 283 g/mol. The zero-order chi connectivity index (χ0) is 14.1. The van der Waals surface area contributed by atoms with E-state index in [2.05, 4.69) is 0 Å². The lowest BCUT2D eigenvalue weighted by molar-refractivity contribution is -0.155. The van der Waals surface area contributed by atoms with Gasteiger partial charge >= 0.3 is 5.97 Å². The number of nitrogens with zero attached hydrogens (tertiary/aromatic N) is 1. The van der Waals surface area contributed by atoms with Crippen LogP contribution < -0.4 is 0 Å². The topological polar surface area (TPSA) is 76.1 Å². The first kappa shape index (κ1) is 13.8. The fourth-order valence-corrected chi connectivity index (χ4v) is 3.00. The number of hydrogen-bond acceptors (Lipinski definition) is 4. The van der Waals surface area contributed by atoms with Gasteiger partial charge in [0, 0.05) is 25.1 Å². The molecule has 20 heavy (non-hydrogen) atoms. The van der Waals surface area contributed by atoms with Crippen molar-refractivity contribution in [2.24, 2.45) is 5.92 Å². The fraction of sp³-hybridized carbons (Fsp3) is 0.857. The second-order valence-electron chi connectivity index (χ2n) is 5.98. The summed E-state index contributed by atoms with van der Waals surface area (Å²) in [5.74, 6) is -0.582. The van der Waals surface area contributed by atoms with Gasteiger partial charge in [0.25, 0.3) is 5.91 Å². The number of carboxylic acid groups (broad SMARTS) is 1. The van der Waals surface area contributed by atoms with Crippen LogP contribution in [0.25, 0.3) is 0 Å². The summed E-state index contributed by atoms with van der Waals surface area (Å²) < 4.78 is 10.8. The molecule has 1 saturated carbocycles. The van der Waals surface area contributed by atoms with E-state index in [1.807, 2.05) is 4.90 Å². The molecule has 6 heteroatoms. The van der Waals surface area contributed by atoms with E-state index in [4.69, 9.17) is 14.6 Å². The van der Waals surface area contributed by atoms with Gasteiger partial charge in [-0.1, -0.05) is 0 Å². The third kappa shape index (κ3) is 2.96. The maximum absolute atomic E-state index is 12.6. The van der Waals surface area contributed by atoms with Crippen molar-refractivity contribution in [2.45, 2.75) is 50.4 Å². The molecule has 3 aliphatic rings. The summed E-state index contributed by atoms with van der Waals surface area (Å²) >= 11 is 0. The molecule has 1 N–H and O–H groups in total. The van der Waals surface area contributed by atoms with Crippen molar-refractivity contribution >= 4 is 11.9 Å². The third-order valence-corrected chi connectivity index (χ3v) is 4.32. The molecule has 6 nitrogen and oxygen atoms in total. The molecule has 2 heterocycles. The van der Waals surface area contributed by atoms with Crippen LogP contribution in [0.2, 0.25) is 0 Å². The molecule has 0 spiro atoms. The molecule has 0 aromatic heterocycles. The summed E-state index contributed by atoms with van der Waals surface area (Å²) in [6.45, 7) is 2.22. The highest BCUT2D eigenvalue weighted by atomic mass is 16.5. The van der Waals surface area contributed by atoms with E-state index in [0.29, 0.717) is 24.8 Å². The smallest absolute Gasteiger partial charge is 0.332 e. The van der Waals surface area contributed by atoms with Gasteiger partial charge in [0.15, 0.2) is 6.10 Å². The summed E-state index contributed by atoms with van der Waals surface area (Å²) in [6, 6.07) is 0.329. The first-order valence-electron chi connectivity index (χ1n) is 7.41. The standard InChI is InChI=1S/C14H21NO5/c16-13(11-3-4-12(20-11)14(17)18)15(10-1-2-10)7-9-5-6-19-8-9/h9-12H,1-8H2,(H,17,18)/t9?,11-,12+/m0/s1. The van der Waals surface area contributed by atoms with Gasteiger partial charge in [-0.15, -0.1) is 0 Å². The molecule has 2 saturated heterocycles. The van der Waals surface area contributed by atoms with E-state index < -0.39 is 18.2 Å². The van der Waals surface area contributed by atoms with E-state index in [-0.39, 0.29) is 5.91 Å². The van der Waals surface area contributed by atoms with Crippen molar-refractivity contribution in [1.29, 1.82) is 0 Å². The van der Waals surface area contributed by atoms with Gasteiger partial charge in [0.2, 0.25) is 0 Å². The number of aliphatic carboxylic acids is 1. The average Bonchev–Trinajstić information content (AvgIpc) is 2.95. The highest BCUT2D eigenvalue weighted by molar-refractivity contribution is 5.83. The van der Waals surface area contributed by atoms with E-state index in [1.165, 1.54) is 0 Å². The van der Waals surface area contributed by atoms with Crippen LogP contribution in [-0.2, 0) is 19.1 Å². The fourth-order valence-electron chi connectivity index (χ4n) is 3.00. The van der Waals surface area contributed by atoms with E-state index in [9.17, 15) is 9.59 Å². The van der Waals surface area contributed by atoms with E-state index in [1.54, 1.807) is 0 Å². The lowest BCUT2D eigenvalue weighted by atomic mass is 10.1. The van der Waals surface area contributed by atoms with Crippen LogP contribution in [0.5, 0.6) is 0 Å². The maximum atomic E-state index is 12.6. The second kappa shape index (κ2) is 5.69. The van der Waals surface area contributed by atoms with Gasteiger partial charge < -0.3 is 19.5 Å². The summed E-state index contributed by atoms with van der Waals surface area (Å²) in [4.78, 5) is 25.4. The molecule has 2 aliphatic heterocycles. The monoisotopic (exact) mass is 283 g/mol. The quantitative estimate of drug-likeness (QED) is 0.801. The van der Waals surface area contributed by atoms with Crippen molar-refractivity contribution in [2.75, 3.05) is 19.8 Å². The summed E-state index contributed by atoms with van der Waals surface area (Å²) in [7, 11) is 0. The molecule has 1 unspecified atom stereocenters. The van der Waals surface area contributed by atoms with Crippen molar-refractivity contribution < 1.29 is 24.2 Å². The van der Waals surface area contributed by atoms with Crippen LogP contribution in [0.4, 0.5) is 0 Å². The zero-order valence-electron chi connectivity index (χ0n) is 11.5. The van der Waals surface area contributed by atoms with Crippen molar-refractivity contribution in [3.8, 4) is 0 Å². The predicted molar refractivity (Wildman–Crippen MR) is 69.2 cm³/mol. The Bertz CT molecular complexity index is 389. The third-order valence-electron chi connectivity index (χ3n) is 4.32. The first-order chi connectivity index (χ1) is 9.65. The van der Waals surface area contributed by atoms with Gasteiger partial charge in [-0.2, -0.15) is 0 Å². The van der Waals surface area contributed by atoms with Crippen LogP contribution >= 0.6 is 0 Å². The predicted octanol–water partition coefficient (Wildman–Crippen LogP) is 0.646. The minimum atomic E-state index is -0.970. The Hall–Kier alpha value is -1.14. The molecule has 1 amide bonds. The lowest BCUT2D eigenvalue weighted by Crippen LogP contribution is -2.43. The number of carboxylic acids is 1. The van der Waals surface area contributed by atoms with Crippen LogP contribution in [0.1, 0.15) is 32.1 Å². The number of amides is 1. The Morgan fingerprint density at radius 1 is 1.10 bits per heavy atom.